The van der Waals surface area contributed by atoms with E-state index in [1.165, 1.54) is 30.4 Å². The predicted molar refractivity (Wildman–Crippen MR) is 90.2 cm³/mol. The first kappa shape index (κ1) is 15.0. The van der Waals surface area contributed by atoms with Gasteiger partial charge in [0.1, 0.15) is 12.4 Å². The summed E-state index contributed by atoms with van der Waals surface area (Å²) < 4.78 is 5.84. The van der Waals surface area contributed by atoms with Gasteiger partial charge in [-0.3, -0.25) is 4.98 Å². The van der Waals surface area contributed by atoms with Crippen LogP contribution in [-0.2, 0) is 6.42 Å². The first-order chi connectivity index (χ1) is 10.8. The van der Waals surface area contributed by atoms with E-state index in [1.54, 1.807) is 6.20 Å². The fraction of sp³-hybridized carbons (Fsp3) is 0.421. The Morgan fingerprint density at radius 3 is 2.91 bits per heavy atom. The van der Waals surface area contributed by atoms with E-state index < -0.39 is 0 Å². The number of benzene rings is 1. The van der Waals surface area contributed by atoms with Crippen LogP contribution in [0.4, 0.5) is 0 Å². The van der Waals surface area contributed by atoms with E-state index in [9.17, 15) is 0 Å². The zero-order chi connectivity index (χ0) is 15.2. The molecule has 1 unspecified atom stereocenters. The molecular weight excluding hydrogens is 272 g/mol. The van der Waals surface area contributed by atoms with Crippen LogP contribution in [0.5, 0.6) is 5.75 Å². The van der Waals surface area contributed by atoms with Crippen molar-refractivity contribution in [1.82, 2.24) is 10.3 Å². The monoisotopic (exact) mass is 296 g/mol. The van der Waals surface area contributed by atoms with Crippen molar-refractivity contribution in [2.75, 3.05) is 13.2 Å². The molecule has 1 atom stereocenters. The molecule has 2 heterocycles. The first-order valence-corrected chi connectivity index (χ1v) is 8.25. The second-order valence-electron chi connectivity index (χ2n) is 5.96. The van der Waals surface area contributed by atoms with Crippen LogP contribution in [0.25, 0.3) is 11.1 Å². The van der Waals surface area contributed by atoms with Crippen LogP contribution in [0.1, 0.15) is 31.7 Å². The second kappa shape index (κ2) is 7.41. The van der Waals surface area contributed by atoms with E-state index in [4.69, 9.17) is 4.74 Å². The lowest BCUT2D eigenvalue weighted by molar-refractivity contribution is 0.217. The van der Waals surface area contributed by atoms with E-state index >= 15 is 0 Å². The topological polar surface area (TPSA) is 34.1 Å². The molecule has 0 spiro atoms. The first-order valence-electron chi connectivity index (χ1n) is 8.25. The SMILES string of the molecule is CCCCc1cccc(-c2cncc(OCC3CCN3)c2)c1. The molecule has 3 rings (SSSR count). The van der Waals surface area contributed by atoms with E-state index in [1.807, 2.05) is 6.20 Å². The Morgan fingerprint density at radius 2 is 2.14 bits per heavy atom. The third kappa shape index (κ3) is 3.86. The normalized spacial score (nSPS) is 17.0. The predicted octanol–water partition coefficient (Wildman–Crippen LogP) is 3.83. The van der Waals surface area contributed by atoms with Crippen LogP contribution in [0.3, 0.4) is 0 Å². The molecule has 0 radical (unpaired) electrons. The van der Waals surface area contributed by atoms with Crippen molar-refractivity contribution in [3.63, 3.8) is 0 Å². The molecule has 1 aliphatic heterocycles. The maximum atomic E-state index is 5.84. The van der Waals surface area contributed by atoms with E-state index in [0.717, 1.165) is 30.9 Å². The summed E-state index contributed by atoms with van der Waals surface area (Å²) in [5, 5.41) is 3.34. The van der Waals surface area contributed by atoms with Gasteiger partial charge in [0.15, 0.2) is 0 Å². The van der Waals surface area contributed by atoms with Gasteiger partial charge in [0.25, 0.3) is 0 Å². The Hall–Kier alpha value is -1.87. The van der Waals surface area contributed by atoms with Crippen LogP contribution in [0.2, 0.25) is 0 Å². The molecule has 1 saturated heterocycles. The molecule has 116 valence electrons. The fourth-order valence-electron chi connectivity index (χ4n) is 2.63. The molecule has 2 aromatic rings. The molecule has 0 amide bonds. The number of nitrogens with one attached hydrogen (secondary N) is 1. The summed E-state index contributed by atoms with van der Waals surface area (Å²) >= 11 is 0. The highest BCUT2D eigenvalue weighted by atomic mass is 16.5. The highest BCUT2D eigenvalue weighted by molar-refractivity contribution is 5.64. The van der Waals surface area contributed by atoms with Gasteiger partial charge in [-0.25, -0.2) is 0 Å². The van der Waals surface area contributed by atoms with Crippen LogP contribution < -0.4 is 10.1 Å². The number of nitrogens with zero attached hydrogens (tertiary/aromatic N) is 1. The van der Waals surface area contributed by atoms with Crippen molar-refractivity contribution >= 4 is 0 Å². The zero-order valence-corrected chi connectivity index (χ0v) is 13.2. The Morgan fingerprint density at radius 1 is 1.23 bits per heavy atom. The van der Waals surface area contributed by atoms with Crippen LogP contribution in [0.15, 0.2) is 42.7 Å². The lowest BCUT2D eigenvalue weighted by Gasteiger charge is -2.27. The number of rotatable bonds is 7. The summed E-state index contributed by atoms with van der Waals surface area (Å²) in [6.45, 7) is 4.06. The molecule has 1 fully saturated rings. The number of aromatic nitrogens is 1. The van der Waals surface area contributed by atoms with Gasteiger partial charge in [0.05, 0.1) is 6.20 Å². The zero-order valence-electron chi connectivity index (χ0n) is 13.2. The second-order valence-corrected chi connectivity index (χ2v) is 5.96. The number of hydrogen-bond acceptors (Lipinski definition) is 3. The quantitative estimate of drug-likeness (QED) is 0.843. The largest absolute Gasteiger partial charge is 0.490 e. The van der Waals surface area contributed by atoms with E-state index in [-0.39, 0.29) is 0 Å². The van der Waals surface area contributed by atoms with Gasteiger partial charge >= 0.3 is 0 Å². The number of aryl methyl sites for hydroxylation is 1. The van der Waals surface area contributed by atoms with Gasteiger partial charge < -0.3 is 10.1 Å². The standard InChI is InChI=1S/C19H24N2O/c1-2-3-5-15-6-4-7-16(10-15)17-11-19(13-20-12-17)22-14-18-8-9-21-18/h4,6-7,10-13,18,21H,2-3,5,8-9,14H2,1H3. The van der Waals surface area contributed by atoms with E-state index in [2.05, 4.69) is 47.6 Å². The molecule has 1 N–H and O–H groups in total. The summed E-state index contributed by atoms with van der Waals surface area (Å²) in [4.78, 5) is 4.33. The fourth-order valence-corrected chi connectivity index (χ4v) is 2.63. The number of hydrogen-bond donors (Lipinski definition) is 1. The molecule has 0 saturated carbocycles. The van der Waals surface area contributed by atoms with Crippen molar-refractivity contribution in [2.45, 2.75) is 38.6 Å². The lowest BCUT2D eigenvalue weighted by atomic mass is 10.0. The number of unbranched alkanes of at least 4 members (excludes halogenated alkanes) is 1. The summed E-state index contributed by atoms with van der Waals surface area (Å²) in [6, 6.07) is 11.3. The average Bonchev–Trinajstić information content (AvgIpc) is 2.52. The molecule has 1 aromatic carbocycles. The van der Waals surface area contributed by atoms with Crippen molar-refractivity contribution in [2.24, 2.45) is 0 Å². The molecule has 1 aliphatic rings. The lowest BCUT2D eigenvalue weighted by Crippen LogP contribution is -2.46. The third-order valence-corrected chi connectivity index (χ3v) is 4.17. The molecule has 0 aliphatic carbocycles. The summed E-state index contributed by atoms with van der Waals surface area (Å²) in [5.74, 6) is 0.852. The van der Waals surface area contributed by atoms with Crippen LogP contribution in [-0.4, -0.2) is 24.2 Å². The van der Waals surface area contributed by atoms with Crippen molar-refractivity contribution < 1.29 is 4.74 Å². The van der Waals surface area contributed by atoms with Crippen LogP contribution >= 0.6 is 0 Å². The van der Waals surface area contributed by atoms with Gasteiger partial charge in [-0.15, -0.1) is 0 Å². The van der Waals surface area contributed by atoms with Gasteiger partial charge in [0, 0.05) is 17.8 Å². The summed E-state index contributed by atoms with van der Waals surface area (Å²) in [5.41, 5.74) is 3.73. The van der Waals surface area contributed by atoms with Gasteiger partial charge in [-0.2, -0.15) is 0 Å². The summed E-state index contributed by atoms with van der Waals surface area (Å²) in [7, 11) is 0. The Bertz CT molecular complexity index is 608. The maximum Gasteiger partial charge on any atom is 0.138 e. The molecule has 3 heteroatoms. The Labute approximate surface area is 132 Å². The van der Waals surface area contributed by atoms with Crippen molar-refractivity contribution in [1.29, 1.82) is 0 Å². The molecule has 0 bridgehead atoms. The smallest absolute Gasteiger partial charge is 0.138 e. The molecule has 1 aromatic heterocycles. The van der Waals surface area contributed by atoms with Crippen molar-refractivity contribution in [3.8, 4) is 16.9 Å². The Kier molecular flexibility index (Phi) is 5.07. The van der Waals surface area contributed by atoms with Gasteiger partial charge in [0.2, 0.25) is 0 Å². The Balaban J connectivity index is 1.70. The highest BCUT2D eigenvalue weighted by Gasteiger charge is 2.16. The van der Waals surface area contributed by atoms with E-state index in [0.29, 0.717) is 6.04 Å². The average molecular weight is 296 g/mol. The number of ether oxygens (including phenoxy) is 1. The summed E-state index contributed by atoms with van der Waals surface area (Å²) in [6.07, 6.45) is 8.51. The van der Waals surface area contributed by atoms with Crippen molar-refractivity contribution in [3.05, 3.63) is 48.3 Å². The molecule has 3 nitrogen and oxygen atoms in total. The minimum Gasteiger partial charge on any atom is -0.490 e. The van der Waals surface area contributed by atoms with Gasteiger partial charge in [-0.1, -0.05) is 37.6 Å². The highest BCUT2D eigenvalue weighted by Crippen LogP contribution is 2.24. The molecular formula is C19H24N2O. The maximum absolute atomic E-state index is 5.84. The minimum absolute atomic E-state index is 0.501. The third-order valence-electron chi connectivity index (χ3n) is 4.17. The molecule has 22 heavy (non-hydrogen) atoms. The number of pyridine rings is 1. The van der Waals surface area contributed by atoms with Crippen LogP contribution in [0, 0.1) is 0 Å². The van der Waals surface area contributed by atoms with Gasteiger partial charge in [-0.05, 0) is 43.0 Å². The minimum atomic E-state index is 0.501.